The Labute approximate surface area is 102 Å². The Morgan fingerprint density at radius 2 is 2.12 bits per heavy atom. The van der Waals surface area contributed by atoms with Crippen molar-refractivity contribution in [1.29, 1.82) is 0 Å². The van der Waals surface area contributed by atoms with Crippen molar-refractivity contribution in [2.24, 2.45) is 11.3 Å². The van der Waals surface area contributed by atoms with Crippen LogP contribution < -0.4 is 0 Å². The molecule has 0 unspecified atom stereocenters. The lowest BCUT2D eigenvalue weighted by Gasteiger charge is -2.50. The number of hydrogen-bond donors (Lipinski definition) is 1. The van der Waals surface area contributed by atoms with Gasteiger partial charge in [-0.2, -0.15) is 0 Å². The van der Waals surface area contributed by atoms with E-state index in [1.807, 2.05) is 12.1 Å². The van der Waals surface area contributed by atoms with Gasteiger partial charge in [-0.15, -0.1) is 0 Å². The molecule has 3 nitrogen and oxygen atoms in total. The molecule has 1 saturated carbocycles. The van der Waals surface area contributed by atoms with Crippen LogP contribution in [0.4, 0.5) is 0 Å². The number of aliphatic carboxylic acids is 1. The van der Waals surface area contributed by atoms with Gasteiger partial charge in [0.1, 0.15) is 0 Å². The zero-order valence-corrected chi connectivity index (χ0v) is 10.6. The summed E-state index contributed by atoms with van der Waals surface area (Å²) in [6.45, 7) is 6.52. The van der Waals surface area contributed by atoms with E-state index in [2.05, 4.69) is 25.8 Å². The molecule has 1 N–H and O–H groups in total. The lowest BCUT2D eigenvalue weighted by atomic mass is 9.52. The van der Waals surface area contributed by atoms with Gasteiger partial charge in [0.2, 0.25) is 0 Å². The van der Waals surface area contributed by atoms with E-state index in [1.165, 1.54) is 0 Å². The largest absolute Gasteiger partial charge is 0.481 e. The Bertz CT molecular complexity index is 414. The zero-order valence-electron chi connectivity index (χ0n) is 10.6. The molecule has 1 heterocycles. The highest BCUT2D eigenvalue weighted by Gasteiger charge is 2.54. The van der Waals surface area contributed by atoms with Crippen molar-refractivity contribution < 1.29 is 9.90 Å². The lowest BCUT2D eigenvalue weighted by molar-refractivity contribution is -0.152. The Morgan fingerprint density at radius 1 is 1.47 bits per heavy atom. The lowest BCUT2D eigenvalue weighted by Crippen LogP contribution is -2.51. The molecule has 0 aromatic carbocycles. The molecule has 0 atom stereocenters. The maximum Gasteiger partial charge on any atom is 0.314 e. The third kappa shape index (κ3) is 1.94. The van der Waals surface area contributed by atoms with Gasteiger partial charge in [0.15, 0.2) is 0 Å². The minimum Gasteiger partial charge on any atom is -0.481 e. The molecule has 17 heavy (non-hydrogen) atoms. The third-order valence-corrected chi connectivity index (χ3v) is 4.04. The first kappa shape index (κ1) is 12.1. The maximum atomic E-state index is 11.5. The van der Waals surface area contributed by atoms with E-state index in [0.29, 0.717) is 5.92 Å². The van der Waals surface area contributed by atoms with Crippen LogP contribution in [-0.2, 0) is 10.2 Å². The van der Waals surface area contributed by atoms with Crippen molar-refractivity contribution in [3.63, 3.8) is 0 Å². The molecule has 1 fully saturated rings. The summed E-state index contributed by atoms with van der Waals surface area (Å²) in [5, 5.41) is 9.49. The van der Waals surface area contributed by atoms with E-state index in [-0.39, 0.29) is 5.41 Å². The Balaban J connectivity index is 2.26. The van der Waals surface area contributed by atoms with Crippen LogP contribution in [0.3, 0.4) is 0 Å². The van der Waals surface area contributed by atoms with Crippen LogP contribution in [0, 0.1) is 11.3 Å². The van der Waals surface area contributed by atoms with Crippen LogP contribution in [0.15, 0.2) is 24.5 Å². The van der Waals surface area contributed by atoms with E-state index >= 15 is 0 Å². The van der Waals surface area contributed by atoms with E-state index in [4.69, 9.17) is 0 Å². The molecule has 1 aliphatic carbocycles. The monoisotopic (exact) mass is 233 g/mol. The molecular weight excluding hydrogens is 214 g/mol. The summed E-state index contributed by atoms with van der Waals surface area (Å²) in [4.78, 5) is 15.6. The van der Waals surface area contributed by atoms with E-state index < -0.39 is 11.4 Å². The van der Waals surface area contributed by atoms with Crippen LogP contribution in [0.1, 0.15) is 39.2 Å². The first-order valence-corrected chi connectivity index (χ1v) is 6.00. The van der Waals surface area contributed by atoms with Gasteiger partial charge in [0.05, 0.1) is 5.41 Å². The van der Waals surface area contributed by atoms with Crippen molar-refractivity contribution in [1.82, 2.24) is 4.98 Å². The maximum absolute atomic E-state index is 11.5. The van der Waals surface area contributed by atoms with E-state index in [0.717, 1.165) is 18.4 Å². The second-order valence-corrected chi connectivity index (χ2v) is 6.10. The topological polar surface area (TPSA) is 50.2 Å². The van der Waals surface area contributed by atoms with Gasteiger partial charge in [-0.3, -0.25) is 9.78 Å². The van der Waals surface area contributed by atoms with Gasteiger partial charge in [-0.25, -0.2) is 0 Å². The van der Waals surface area contributed by atoms with Gasteiger partial charge in [0, 0.05) is 12.4 Å². The van der Waals surface area contributed by atoms with Gasteiger partial charge in [0.25, 0.3) is 0 Å². The van der Waals surface area contributed by atoms with Crippen molar-refractivity contribution in [3.8, 4) is 0 Å². The summed E-state index contributed by atoms with van der Waals surface area (Å²) in [5.74, 6) is -0.246. The van der Waals surface area contributed by atoms with Crippen molar-refractivity contribution >= 4 is 5.97 Å². The SMILES string of the molecule is CC(C)(C)C1CC(C(=O)O)(c2cccnc2)C1. The fourth-order valence-electron chi connectivity index (χ4n) is 2.57. The van der Waals surface area contributed by atoms with Crippen LogP contribution >= 0.6 is 0 Å². The van der Waals surface area contributed by atoms with Crippen molar-refractivity contribution in [3.05, 3.63) is 30.1 Å². The van der Waals surface area contributed by atoms with Crippen molar-refractivity contribution in [2.75, 3.05) is 0 Å². The quantitative estimate of drug-likeness (QED) is 0.854. The summed E-state index contributed by atoms with van der Waals surface area (Å²) in [7, 11) is 0. The molecule has 0 amide bonds. The molecule has 1 aromatic rings. The minimum absolute atomic E-state index is 0.182. The van der Waals surface area contributed by atoms with Gasteiger partial charge >= 0.3 is 5.97 Å². The highest BCUT2D eigenvalue weighted by Crippen LogP contribution is 2.54. The molecule has 0 aliphatic heterocycles. The highest BCUT2D eigenvalue weighted by atomic mass is 16.4. The van der Waals surface area contributed by atoms with Gasteiger partial charge in [-0.05, 0) is 35.8 Å². The summed E-state index contributed by atoms with van der Waals surface area (Å²) >= 11 is 0. The number of hydrogen-bond acceptors (Lipinski definition) is 2. The van der Waals surface area contributed by atoms with Crippen LogP contribution in [-0.4, -0.2) is 16.1 Å². The fourth-order valence-corrected chi connectivity index (χ4v) is 2.57. The number of aromatic nitrogens is 1. The molecule has 2 rings (SSSR count). The summed E-state index contributed by atoms with van der Waals surface area (Å²) in [5.41, 5.74) is 0.320. The third-order valence-electron chi connectivity index (χ3n) is 4.04. The number of pyridine rings is 1. The Hall–Kier alpha value is -1.38. The molecule has 0 saturated heterocycles. The first-order valence-electron chi connectivity index (χ1n) is 6.00. The molecule has 0 spiro atoms. The van der Waals surface area contributed by atoms with Crippen LogP contribution in [0.2, 0.25) is 0 Å². The predicted octanol–water partition coefficient (Wildman–Crippen LogP) is 2.86. The fraction of sp³-hybridized carbons (Fsp3) is 0.571. The van der Waals surface area contributed by atoms with Crippen LogP contribution in [0.25, 0.3) is 0 Å². The zero-order chi connectivity index (χ0) is 12.7. The number of carbonyl (C=O) groups is 1. The predicted molar refractivity (Wildman–Crippen MR) is 65.7 cm³/mol. The molecule has 1 aliphatic rings. The number of carboxylic acids is 1. The second kappa shape index (κ2) is 3.83. The number of nitrogens with zero attached hydrogens (tertiary/aromatic N) is 1. The normalized spacial score (nSPS) is 28.5. The highest BCUT2D eigenvalue weighted by molar-refractivity contribution is 5.82. The molecule has 0 bridgehead atoms. The van der Waals surface area contributed by atoms with Crippen molar-refractivity contribution in [2.45, 2.75) is 39.0 Å². The molecule has 92 valence electrons. The molecular formula is C14H19NO2. The molecule has 1 aromatic heterocycles. The standard InChI is InChI=1S/C14H19NO2/c1-13(2,3)11-7-14(8-11,12(16)17)10-5-4-6-15-9-10/h4-6,9,11H,7-8H2,1-3H3,(H,16,17). The van der Waals surface area contributed by atoms with Crippen LogP contribution in [0.5, 0.6) is 0 Å². The Kier molecular flexibility index (Phi) is 2.72. The van der Waals surface area contributed by atoms with Gasteiger partial charge in [-0.1, -0.05) is 26.8 Å². The second-order valence-electron chi connectivity index (χ2n) is 6.10. The van der Waals surface area contributed by atoms with E-state index in [9.17, 15) is 9.90 Å². The summed E-state index contributed by atoms with van der Waals surface area (Å²) in [6, 6.07) is 3.68. The van der Waals surface area contributed by atoms with E-state index in [1.54, 1.807) is 12.4 Å². The minimum atomic E-state index is -0.717. The molecule has 0 radical (unpaired) electrons. The number of rotatable bonds is 2. The average molecular weight is 233 g/mol. The summed E-state index contributed by atoms with van der Waals surface area (Å²) < 4.78 is 0. The average Bonchev–Trinajstić information content (AvgIpc) is 2.14. The Morgan fingerprint density at radius 3 is 2.53 bits per heavy atom. The number of carboxylic acid groups (broad SMARTS) is 1. The van der Waals surface area contributed by atoms with Gasteiger partial charge < -0.3 is 5.11 Å². The summed E-state index contributed by atoms with van der Waals surface area (Å²) in [6.07, 6.45) is 4.81. The molecule has 3 heteroatoms. The smallest absolute Gasteiger partial charge is 0.314 e. The first-order chi connectivity index (χ1) is 7.86.